The van der Waals surface area contributed by atoms with Crippen LogP contribution >= 0.6 is 0 Å². The minimum absolute atomic E-state index is 0.494. The van der Waals surface area contributed by atoms with Crippen LogP contribution in [-0.2, 0) is 0 Å². The van der Waals surface area contributed by atoms with E-state index in [0.717, 1.165) is 6.42 Å². The number of hydrogen-bond donors (Lipinski definition) is 2. The molecule has 9 heavy (non-hydrogen) atoms. The minimum atomic E-state index is -0.494. The maximum Gasteiger partial charge on any atom is 0.350 e. The average Bonchev–Trinajstić information content (AvgIpc) is 1.85. The highest BCUT2D eigenvalue weighted by Crippen LogP contribution is 1.72. The van der Waals surface area contributed by atoms with Gasteiger partial charge in [-0.1, -0.05) is 6.92 Å². The van der Waals surface area contributed by atoms with Crippen LogP contribution in [0.1, 0.15) is 13.3 Å². The van der Waals surface area contributed by atoms with Crippen LogP contribution in [0.5, 0.6) is 0 Å². The maximum absolute atomic E-state index is 10.3. The first-order valence-corrected chi connectivity index (χ1v) is 2.71. The van der Waals surface area contributed by atoms with Crippen LogP contribution in [0.4, 0.5) is 4.79 Å². The van der Waals surface area contributed by atoms with Crippen molar-refractivity contribution in [2.24, 2.45) is 4.99 Å². The number of urea groups is 1. The Bertz CT molecular complexity index is 137. The Kier molecular flexibility index (Phi) is 4.36. The van der Waals surface area contributed by atoms with Gasteiger partial charge in [0.2, 0.25) is 0 Å². The van der Waals surface area contributed by atoms with Crippen molar-refractivity contribution in [2.45, 2.75) is 13.3 Å². The molecule has 0 atom stereocenters. The van der Waals surface area contributed by atoms with E-state index in [4.69, 9.17) is 5.41 Å². The standard InChI is InChI=1S/C5H9N3O/c1-2-3-7-5(9)8-4-6/h6H,2-3H2,1H3,(H,7,9). The van der Waals surface area contributed by atoms with Gasteiger partial charge >= 0.3 is 6.03 Å². The molecule has 0 spiro atoms. The van der Waals surface area contributed by atoms with Crippen molar-refractivity contribution < 1.29 is 4.79 Å². The van der Waals surface area contributed by atoms with Crippen molar-refractivity contribution in [3.05, 3.63) is 0 Å². The van der Waals surface area contributed by atoms with Crippen LogP contribution in [0.25, 0.3) is 0 Å². The van der Waals surface area contributed by atoms with E-state index in [1.807, 2.05) is 6.92 Å². The molecule has 2 amide bonds. The molecular formula is C5H9N3O. The summed E-state index contributed by atoms with van der Waals surface area (Å²) in [5.74, 6) is 0. The lowest BCUT2D eigenvalue weighted by atomic mass is 10.5. The van der Waals surface area contributed by atoms with Crippen molar-refractivity contribution in [3.63, 3.8) is 0 Å². The summed E-state index contributed by atoms with van der Waals surface area (Å²) in [4.78, 5) is 13.4. The van der Waals surface area contributed by atoms with Crippen LogP contribution in [0, 0.1) is 5.41 Å². The highest BCUT2D eigenvalue weighted by Gasteiger charge is 1.90. The fourth-order valence-corrected chi connectivity index (χ4v) is 0.322. The van der Waals surface area contributed by atoms with Gasteiger partial charge in [-0.3, -0.25) is 0 Å². The van der Waals surface area contributed by atoms with E-state index < -0.39 is 6.03 Å². The molecule has 0 saturated carbocycles. The van der Waals surface area contributed by atoms with Gasteiger partial charge in [-0.2, -0.15) is 0 Å². The summed E-state index contributed by atoms with van der Waals surface area (Å²) in [7, 11) is 0. The molecule has 4 nitrogen and oxygen atoms in total. The molecule has 0 aromatic carbocycles. The molecule has 0 aliphatic carbocycles. The monoisotopic (exact) mass is 127 g/mol. The van der Waals surface area contributed by atoms with Crippen LogP contribution in [0.2, 0.25) is 0 Å². The van der Waals surface area contributed by atoms with Gasteiger partial charge in [0.05, 0.1) is 6.01 Å². The largest absolute Gasteiger partial charge is 0.350 e. The summed E-state index contributed by atoms with van der Waals surface area (Å²) in [6.45, 7) is 2.54. The lowest BCUT2D eigenvalue weighted by Gasteiger charge is -1.93. The topological polar surface area (TPSA) is 65.3 Å². The summed E-state index contributed by atoms with van der Waals surface area (Å²) in [5, 5.41) is 8.74. The number of nitrogens with zero attached hydrogens (tertiary/aromatic N) is 1. The second-order valence-electron chi connectivity index (χ2n) is 1.46. The van der Waals surface area contributed by atoms with Crippen LogP contribution in [0.15, 0.2) is 4.99 Å². The summed E-state index contributed by atoms with van der Waals surface area (Å²) >= 11 is 0. The third-order valence-electron chi connectivity index (χ3n) is 0.684. The number of carbonyl (C=O) groups is 1. The molecule has 0 bridgehead atoms. The number of nitrogens with one attached hydrogen (secondary N) is 2. The Balaban J connectivity index is 3.39. The summed E-state index contributed by atoms with van der Waals surface area (Å²) < 4.78 is 0. The minimum Gasteiger partial charge on any atom is -0.336 e. The van der Waals surface area contributed by atoms with Crippen molar-refractivity contribution in [1.29, 1.82) is 5.41 Å². The van der Waals surface area contributed by atoms with Gasteiger partial charge in [-0.25, -0.2) is 10.2 Å². The quantitative estimate of drug-likeness (QED) is 0.531. The first kappa shape index (κ1) is 7.85. The lowest BCUT2D eigenvalue weighted by molar-refractivity contribution is 0.249. The predicted molar refractivity (Wildman–Crippen MR) is 33.8 cm³/mol. The van der Waals surface area contributed by atoms with Crippen LogP contribution in [-0.4, -0.2) is 18.6 Å². The van der Waals surface area contributed by atoms with E-state index in [0.29, 0.717) is 6.54 Å². The first-order chi connectivity index (χ1) is 4.31. The SMILES string of the molecule is CCCNC(=O)N=C=N. The van der Waals surface area contributed by atoms with E-state index in [9.17, 15) is 4.79 Å². The molecule has 0 heterocycles. The van der Waals surface area contributed by atoms with Crippen molar-refractivity contribution in [1.82, 2.24) is 5.32 Å². The van der Waals surface area contributed by atoms with Gasteiger partial charge in [-0.15, -0.1) is 4.99 Å². The summed E-state index contributed by atoms with van der Waals surface area (Å²) in [5.41, 5.74) is 0. The molecule has 0 radical (unpaired) electrons. The lowest BCUT2D eigenvalue weighted by Crippen LogP contribution is -2.19. The van der Waals surface area contributed by atoms with E-state index >= 15 is 0 Å². The van der Waals surface area contributed by atoms with Crippen LogP contribution < -0.4 is 5.32 Å². The summed E-state index contributed by atoms with van der Waals surface area (Å²) in [6, 6.07) is 1.15. The first-order valence-electron chi connectivity index (χ1n) is 2.71. The molecule has 0 rings (SSSR count). The Morgan fingerprint density at radius 3 is 3.00 bits per heavy atom. The van der Waals surface area contributed by atoms with Gasteiger partial charge in [0.25, 0.3) is 0 Å². The number of amides is 2. The molecule has 0 aliphatic heterocycles. The van der Waals surface area contributed by atoms with E-state index in [2.05, 4.69) is 10.3 Å². The van der Waals surface area contributed by atoms with Crippen molar-refractivity contribution in [3.8, 4) is 0 Å². The molecule has 0 aromatic heterocycles. The fourth-order valence-electron chi connectivity index (χ4n) is 0.322. The average molecular weight is 127 g/mol. The highest BCUT2D eigenvalue weighted by atomic mass is 16.2. The fraction of sp³-hybridized carbons (Fsp3) is 0.600. The molecule has 0 fully saturated rings. The molecule has 0 aromatic rings. The Morgan fingerprint density at radius 2 is 2.56 bits per heavy atom. The predicted octanol–water partition coefficient (Wildman–Crippen LogP) is 0.859. The zero-order valence-electron chi connectivity index (χ0n) is 5.27. The normalized spacial score (nSPS) is 7.67. The number of hydrogen-bond acceptors (Lipinski definition) is 2. The second kappa shape index (κ2) is 5.00. The van der Waals surface area contributed by atoms with Gasteiger partial charge in [0, 0.05) is 6.54 Å². The Morgan fingerprint density at radius 1 is 1.89 bits per heavy atom. The molecule has 2 N–H and O–H groups in total. The highest BCUT2D eigenvalue weighted by molar-refractivity contribution is 5.79. The maximum atomic E-state index is 10.3. The van der Waals surface area contributed by atoms with Gasteiger partial charge in [0.15, 0.2) is 0 Å². The van der Waals surface area contributed by atoms with Gasteiger partial charge in [0.1, 0.15) is 0 Å². The Hall–Kier alpha value is -1.15. The molecule has 0 unspecified atom stereocenters. The zero-order valence-corrected chi connectivity index (χ0v) is 5.27. The molecule has 50 valence electrons. The third kappa shape index (κ3) is 4.71. The van der Waals surface area contributed by atoms with E-state index in [-0.39, 0.29) is 0 Å². The number of aliphatic imine (C=N–C) groups is 1. The molecule has 4 heteroatoms. The van der Waals surface area contributed by atoms with Crippen molar-refractivity contribution >= 4 is 12.0 Å². The summed E-state index contributed by atoms with van der Waals surface area (Å²) in [6.07, 6.45) is 0.874. The van der Waals surface area contributed by atoms with Gasteiger partial charge in [-0.05, 0) is 6.42 Å². The van der Waals surface area contributed by atoms with Crippen molar-refractivity contribution in [2.75, 3.05) is 6.54 Å². The smallest absolute Gasteiger partial charge is 0.336 e. The molecule has 0 aliphatic rings. The Labute approximate surface area is 53.5 Å². The van der Waals surface area contributed by atoms with Gasteiger partial charge < -0.3 is 5.32 Å². The number of rotatable bonds is 2. The molecular weight excluding hydrogens is 118 g/mol. The third-order valence-corrected chi connectivity index (χ3v) is 0.684. The second-order valence-corrected chi connectivity index (χ2v) is 1.46. The van der Waals surface area contributed by atoms with E-state index in [1.54, 1.807) is 6.01 Å². The number of carbonyl (C=O) groups excluding carboxylic acids is 1. The zero-order chi connectivity index (χ0) is 7.11. The van der Waals surface area contributed by atoms with Crippen LogP contribution in [0.3, 0.4) is 0 Å². The van der Waals surface area contributed by atoms with E-state index in [1.165, 1.54) is 0 Å². The molecule has 0 saturated heterocycles.